The van der Waals surface area contributed by atoms with Gasteiger partial charge in [-0.3, -0.25) is 24.0 Å². The zero-order valence-electron chi connectivity index (χ0n) is 24.8. The highest BCUT2D eigenvalue weighted by atomic mass is 16.7. The first-order valence-corrected chi connectivity index (χ1v) is 14.1. The Hall–Kier alpha value is -3.46. The van der Waals surface area contributed by atoms with Crippen LogP contribution in [0.3, 0.4) is 0 Å². The number of nitrogens with one attached hydrogen (secondary N) is 3. The number of nitrogens with zero attached hydrogens (tertiary/aromatic N) is 3. The standard InChI is InChI=1S/C26H44N6O10/c1-5-20-24(40-18(3)34)25(41-19(4)35)23(31-17(2)33)26(42-20)39-14-7-6-9-21(36)28-11-8-12-29-22(37)10-15-38-16-13-30-32-27/h20,23-26H,5-16H2,1-4H3,(H,28,36)(H,29,37)(H,31,33)/t20-,23-,24+,25-,26-/m1/s1. The molecular formula is C26H44N6O10. The molecule has 1 rings (SSSR count). The molecule has 42 heavy (non-hydrogen) atoms. The molecule has 0 aromatic carbocycles. The molecule has 238 valence electrons. The molecule has 0 aromatic rings. The van der Waals surface area contributed by atoms with Gasteiger partial charge in [0.05, 0.1) is 13.2 Å². The Bertz CT molecular complexity index is 929. The molecule has 5 atom stereocenters. The van der Waals surface area contributed by atoms with Crippen molar-refractivity contribution in [3.63, 3.8) is 0 Å². The van der Waals surface area contributed by atoms with Gasteiger partial charge in [0.15, 0.2) is 18.5 Å². The maximum absolute atomic E-state index is 12.1. The summed E-state index contributed by atoms with van der Waals surface area (Å²) in [6.07, 6.45) is -1.04. The summed E-state index contributed by atoms with van der Waals surface area (Å²) in [5.41, 5.74) is 8.16. The van der Waals surface area contributed by atoms with E-state index < -0.39 is 48.5 Å². The van der Waals surface area contributed by atoms with Gasteiger partial charge in [0.25, 0.3) is 0 Å². The predicted molar refractivity (Wildman–Crippen MR) is 148 cm³/mol. The van der Waals surface area contributed by atoms with E-state index in [0.717, 1.165) is 0 Å². The topological polar surface area (TPSA) is 216 Å². The van der Waals surface area contributed by atoms with E-state index in [4.69, 9.17) is 29.2 Å². The second kappa shape index (κ2) is 21.3. The molecule has 1 saturated heterocycles. The van der Waals surface area contributed by atoms with Crippen LogP contribution in [0.2, 0.25) is 0 Å². The van der Waals surface area contributed by atoms with Crippen LogP contribution in [0.4, 0.5) is 0 Å². The average Bonchev–Trinajstić information content (AvgIpc) is 2.92. The van der Waals surface area contributed by atoms with Crippen molar-refractivity contribution < 1.29 is 47.7 Å². The van der Waals surface area contributed by atoms with Crippen LogP contribution in [0.15, 0.2) is 5.11 Å². The smallest absolute Gasteiger partial charge is 0.303 e. The van der Waals surface area contributed by atoms with Crippen LogP contribution in [0.1, 0.15) is 66.2 Å². The first kappa shape index (κ1) is 36.6. The Morgan fingerprint density at radius 2 is 1.50 bits per heavy atom. The van der Waals surface area contributed by atoms with E-state index in [9.17, 15) is 24.0 Å². The molecule has 1 fully saturated rings. The third-order valence-electron chi connectivity index (χ3n) is 5.97. The number of rotatable bonds is 20. The van der Waals surface area contributed by atoms with E-state index in [1.165, 1.54) is 20.8 Å². The summed E-state index contributed by atoms with van der Waals surface area (Å²) >= 11 is 0. The number of esters is 2. The van der Waals surface area contributed by atoms with Gasteiger partial charge in [-0.05, 0) is 31.2 Å². The first-order valence-electron chi connectivity index (χ1n) is 14.1. The second-order valence-corrected chi connectivity index (χ2v) is 9.52. The molecule has 1 aliphatic heterocycles. The fraction of sp³-hybridized carbons (Fsp3) is 0.808. The van der Waals surface area contributed by atoms with Crippen LogP contribution in [0.5, 0.6) is 0 Å². The van der Waals surface area contributed by atoms with Crippen LogP contribution >= 0.6 is 0 Å². The molecule has 1 aliphatic rings. The van der Waals surface area contributed by atoms with Crippen molar-refractivity contribution in [2.75, 3.05) is 39.5 Å². The second-order valence-electron chi connectivity index (χ2n) is 9.52. The van der Waals surface area contributed by atoms with Crippen molar-refractivity contribution in [3.05, 3.63) is 10.4 Å². The minimum absolute atomic E-state index is 0.134. The number of ether oxygens (including phenoxy) is 5. The van der Waals surface area contributed by atoms with Crippen molar-refractivity contribution in [2.24, 2.45) is 5.11 Å². The Kier molecular flexibility index (Phi) is 18.5. The predicted octanol–water partition coefficient (Wildman–Crippen LogP) is 1.02. The molecule has 0 aliphatic carbocycles. The molecule has 16 heteroatoms. The molecule has 1 heterocycles. The molecule has 0 radical (unpaired) electrons. The summed E-state index contributed by atoms with van der Waals surface area (Å²) in [4.78, 5) is 61.9. The highest BCUT2D eigenvalue weighted by Crippen LogP contribution is 2.29. The largest absolute Gasteiger partial charge is 0.456 e. The highest BCUT2D eigenvalue weighted by Gasteiger charge is 2.50. The van der Waals surface area contributed by atoms with Gasteiger partial charge in [-0.2, -0.15) is 0 Å². The third-order valence-corrected chi connectivity index (χ3v) is 5.97. The normalized spacial score (nSPS) is 21.4. The van der Waals surface area contributed by atoms with E-state index >= 15 is 0 Å². The third kappa shape index (κ3) is 15.5. The van der Waals surface area contributed by atoms with Gasteiger partial charge in [0.1, 0.15) is 12.1 Å². The Morgan fingerprint density at radius 3 is 2.10 bits per heavy atom. The van der Waals surface area contributed by atoms with Gasteiger partial charge in [-0.1, -0.05) is 12.0 Å². The average molecular weight is 601 g/mol. The van der Waals surface area contributed by atoms with E-state index in [-0.39, 0.29) is 51.0 Å². The van der Waals surface area contributed by atoms with Gasteiger partial charge in [-0.25, -0.2) is 0 Å². The summed E-state index contributed by atoms with van der Waals surface area (Å²) in [5, 5.41) is 11.5. The van der Waals surface area contributed by atoms with Crippen LogP contribution in [0, 0.1) is 0 Å². The van der Waals surface area contributed by atoms with E-state index in [1.807, 2.05) is 6.92 Å². The van der Waals surface area contributed by atoms with Crippen LogP contribution in [0.25, 0.3) is 10.4 Å². The summed E-state index contributed by atoms with van der Waals surface area (Å²) in [5.74, 6) is -1.90. The molecule has 16 nitrogen and oxygen atoms in total. The van der Waals surface area contributed by atoms with Crippen molar-refractivity contribution in [2.45, 2.75) is 96.9 Å². The Morgan fingerprint density at radius 1 is 0.857 bits per heavy atom. The molecule has 0 spiro atoms. The zero-order valence-corrected chi connectivity index (χ0v) is 24.8. The maximum Gasteiger partial charge on any atom is 0.303 e. The number of hydrogen-bond donors (Lipinski definition) is 3. The minimum atomic E-state index is -1.02. The summed E-state index contributed by atoms with van der Waals surface area (Å²) < 4.78 is 27.9. The number of azide groups is 1. The van der Waals surface area contributed by atoms with Crippen molar-refractivity contribution in [1.82, 2.24) is 16.0 Å². The Labute approximate surface area is 245 Å². The molecule has 0 aromatic heterocycles. The van der Waals surface area contributed by atoms with Crippen LogP contribution in [-0.4, -0.2) is 99.8 Å². The number of unbranched alkanes of at least 4 members (excludes halogenated alkanes) is 1. The summed E-state index contributed by atoms with van der Waals surface area (Å²) in [6.45, 7) is 7.31. The first-order chi connectivity index (χ1) is 20.1. The number of amides is 3. The van der Waals surface area contributed by atoms with Gasteiger partial charge in [0, 0.05) is 64.8 Å². The van der Waals surface area contributed by atoms with Crippen LogP contribution in [-0.2, 0) is 47.7 Å². The molecule has 3 N–H and O–H groups in total. The molecule has 0 saturated carbocycles. The lowest BCUT2D eigenvalue weighted by Crippen LogP contribution is -2.65. The lowest BCUT2D eigenvalue weighted by Gasteiger charge is -2.45. The number of carbonyl (C=O) groups is 5. The van der Waals surface area contributed by atoms with E-state index in [2.05, 4.69) is 26.0 Å². The molecule has 0 unspecified atom stereocenters. The fourth-order valence-corrected chi connectivity index (χ4v) is 4.15. The lowest BCUT2D eigenvalue weighted by molar-refractivity contribution is -0.272. The number of hydrogen-bond acceptors (Lipinski definition) is 11. The molecule has 3 amide bonds. The maximum atomic E-state index is 12.1. The van der Waals surface area contributed by atoms with Crippen molar-refractivity contribution >= 4 is 29.7 Å². The quantitative estimate of drug-likeness (QED) is 0.0592. The van der Waals surface area contributed by atoms with E-state index in [0.29, 0.717) is 38.8 Å². The van der Waals surface area contributed by atoms with Gasteiger partial charge in [-0.15, -0.1) is 0 Å². The van der Waals surface area contributed by atoms with Crippen molar-refractivity contribution in [1.29, 1.82) is 0 Å². The minimum Gasteiger partial charge on any atom is -0.456 e. The number of carbonyl (C=O) groups excluding carboxylic acids is 5. The van der Waals surface area contributed by atoms with Crippen LogP contribution < -0.4 is 16.0 Å². The Balaban J connectivity index is 2.39. The fourth-order valence-electron chi connectivity index (χ4n) is 4.15. The van der Waals surface area contributed by atoms with E-state index in [1.54, 1.807) is 0 Å². The lowest BCUT2D eigenvalue weighted by atomic mass is 9.94. The molecular weight excluding hydrogens is 556 g/mol. The van der Waals surface area contributed by atoms with Gasteiger partial charge >= 0.3 is 11.9 Å². The monoisotopic (exact) mass is 600 g/mol. The highest BCUT2D eigenvalue weighted by molar-refractivity contribution is 5.76. The van der Waals surface area contributed by atoms with Gasteiger partial charge < -0.3 is 39.6 Å². The van der Waals surface area contributed by atoms with Gasteiger partial charge in [0.2, 0.25) is 17.7 Å². The zero-order chi connectivity index (χ0) is 31.3. The van der Waals surface area contributed by atoms with Crippen molar-refractivity contribution in [3.8, 4) is 0 Å². The summed E-state index contributed by atoms with van der Waals surface area (Å²) in [7, 11) is 0. The summed E-state index contributed by atoms with van der Waals surface area (Å²) in [6, 6.07) is -0.918. The molecule has 0 bridgehead atoms. The SMILES string of the molecule is CC[C@H]1O[C@@H](OCCCCC(=O)NCCCNC(=O)CCOCCN=[N+]=[N-])[C@H](NC(C)=O)[C@@H](OC(C)=O)[C@H]1OC(C)=O.